The summed E-state index contributed by atoms with van der Waals surface area (Å²) in [6, 6.07) is 10.3. The fourth-order valence-corrected chi connectivity index (χ4v) is 2.57. The normalized spacial score (nSPS) is 13.3. The summed E-state index contributed by atoms with van der Waals surface area (Å²) in [4.78, 5) is 1.15. The van der Waals surface area contributed by atoms with Gasteiger partial charge >= 0.3 is 0 Å². The number of benzene rings is 1. The number of fused-ring (bicyclic) bond motifs is 1. The molecule has 0 radical (unpaired) electrons. The van der Waals surface area contributed by atoms with E-state index in [9.17, 15) is 0 Å². The van der Waals surface area contributed by atoms with Crippen LogP contribution in [0.15, 0.2) is 30.3 Å². The van der Waals surface area contributed by atoms with Crippen LogP contribution in [-0.2, 0) is 0 Å². The Bertz CT molecular complexity index is 391. The highest BCUT2D eigenvalue weighted by Crippen LogP contribution is 2.29. The maximum atomic E-state index is 8.80. The van der Waals surface area contributed by atoms with Crippen LogP contribution in [0.1, 0.15) is 17.3 Å². The molecule has 3 N–H and O–H groups in total. The third kappa shape index (κ3) is 1.80. The first kappa shape index (κ1) is 9.65. The Kier molecular flexibility index (Phi) is 2.82. The van der Waals surface area contributed by atoms with Crippen LogP contribution >= 0.6 is 11.3 Å². The van der Waals surface area contributed by atoms with Gasteiger partial charge < -0.3 is 10.8 Å². The van der Waals surface area contributed by atoms with Gasteiger partial charge in [-0.05, 0) is 23.9 Å². The zero-order valence-corrected chi connectivity index (χ0v) is 8.63. The topological polar surface area (TPSA) is 46.2 Å². The fraction of sp³-hybridized carbons (Fsp3) is 0.273. The van der Waals surface area contributed by atoms with E-state index in [1.807, 2.05) is 12.1 Å². The molecule has 0 fully saturated rings. The van der Waals surface area contributed by atoms with E-state index < -0.39 is 0 Å². The molecule has 1 heterocycles. The van der Waals surface area contributed by atoms with Crippen LogP contribution in [0.25, 0.3) is 10.1 Å². The largest absolute Gasteiger partial charge is 0.396 e. The molecule has 14 heavy (non-hydrogen) atoms. The zero-order chi connectivity index (χ0) is 9.97. The standard InChI is InChI=1S/C11H13NOS/c12-9(5-6-13)11-7-8-3-1-2-4-10(8)14-11/h1-4,7,9,13H,5-6,12H2. The lowest BCUT2D eigenvalue weighted by molar-refractivity contribution is 0.277. The number of aliphatic hydroxyl groups excluding tert-OH is 1. The van der Waals surface area contributed by atoms with Gasteiger partial charge in [-0.25, -0.2) is 0 Å². The molecule has 0 bridgehead atoms. The van der Waals surface area contributed by atoms with E-state index >= 15 is 0 Å². The fourth-order valence-electron chi connectivity index (χ4n) is 1.47. The maximum Gasteiger partial charge on any atom is 0.0449 e. The van der Waals surface area contributed by atoms with Crippen molar-refractivity contribution in [1.82, 2.24) is 0 Å². The first-order valence-corrected chi connectivity index (χ1v) is 5.48. The molecule has 0 saturated carbocycles. The molecule has 0 aliphatic heterocycles. The average Bonchev–Trinajstić information content (AvgIpc) is 2.61. The van der Waals surface area contributed by atoms with Crippen LogP contribution in [0.3, 0.4) is 0 Å². The zero-order valence-electron chi connectivity index (χ0n) is 7.81. The van der Waals surface area contributed by atoms with Gasteiger partial charge in [-0.1, -0.05) is 18.2 Å². The van der Waals surface area contributed by atoms with Crippen LogP contribution < -0.4 is 5.73 Å². The van der Waals surface area contributed by atoms with E-state index in [1.54, 1.807) is 11.3 Å². The lowest BCUT2D eigenvalue weighted by atomic mass is 10.1. The second kappa shape index (κ2) is 4.09. The molecule has 2 aromatic rings. The minimum atomic E-state index is -0.0302. The molecule has 0 aliphatic rings. The molecule has 1 aromatic carbocycles. The molecule has 1 aromatic heterocycles. The first-order valence-electron chi connectivity index (χ1n) is 4.66. The highest BCUT2D eigenvalue weighted by atomic mass is 32.1. The Morgan fingerprint density at radius 2 is 2.14 bits per heavy atom. The van der Waals surface area contributed by atoms with E-state index in [0.29, 0.717) is 6.42 Å². The Morgan fingerprint density at radius 3 is 2.86 bits per heavy atom. The van der Waals surface area contributed by atoms with Crippen molar-refractivity contribution in [3.05, 3.63) is 35.2 Å². The number of nitrogens with two attached hydrogens (primary N) is 1. The van der Waals surface area contributed by atoms with Crippen molar-refractivity contribution in [2.75, 3.05) is 6.61 Å². The third-order valence-electron chi connectivity index (χ3n) is 2.25. The molecule has 2 rings (SSSR count). The van der Waals surface area contributed by atoms with Gasteiger partial charge in [0, 0.05) is 22.2 Å². The number of rotatable bonds is 3. The molecular formula is C11H13NOS. The minimum Gasteiger partial charge on any atom is -0.396 e. The van der Waals surface area contributed by atoms with E-state index in [0.717, 1.165) is 4.88 Å². The molecule has 0 spiro atoms. The van der Waals surface area contributed by atoms with Gasteiger partial charge in [0.2, 0.25) is 0 Å². The first-order chi connectivity index (χ1) is 6.81. The van der Waals surface area contributed by atoms with Crippen molar-refractivity contribution in [3.63, 3.8) is 0 Å². The Labute approximate surface area is 87.0 Å². The van der Waals surface area contributed by atoms with Gasteiger partial charge in [0.1, 0.15) is 0 Å². The summed E-state index contributed by atoms with van der Waals surface area (Å²) in [5, 5.41) is 10.0. The smallest absolute Gasteiger partial charge is 0.0449 e. The number of hydrogen-bond donors (Lipinski definition) is 2. The summed E-state index contributed by atoms with van der Waals surface area (Å²) < 4.78 is 1.26. The van der Waals surface area contributed by atoms with Crippen molar-refractivity contribution < 1.29 is 5.11 Å². The number of thiophene rings is 1. The van der Waals surface area contributed by atoms with Crippen molar-refractivity contribution in [1.29, 1.82) is 0 Å². The highest BCUT2D eigenvalue weighted by Gasteiger charge is 2.08. The predicted molar refractivity (Wildman–Crippen MR) is 60.5 cm³/mol. The van der Waals surface area contributed by atoms with E-state index in [1.165, 1.54) is 10.1 Å². The second-order valence-corrected chi connectivity index (χ2v) is 4.42. The van der Waals surface area contributed by atoms with Crippen LogP contribution in [0.5, 0.6) is 0 Å². The molecule has 74 valence electrons. The quantitative estimate of drug-likeness (QED) is 0.811. The molecule has 0 amide bonds. The SMILES string of the molecule is NC(CCO)c1cc2ccccc2s1. The summed E-state index contributed by atoms with van der Waals surface area (Å²) in [6.45, 7) is 0.148. The van der Waals surface area contributed by atoms with Crippen LogP contribution in [0, 0.1) is 0 Å². The summed E-state index contributed by atoms with van der Waals surface area (Å²) in [5.74, 6) is 0. The van der Waals surface area contributed by atoms with Crippen molar-refractivity contribution in [2.45, 2.75) is 12.5 Å². The average molecular weight is 207 g/mol. The van der Waals surface area contributed by atoms with Crippen molar-refractivity contribution in [3.8, 4) is 0 Å². The molecule has 2 nitrogen and oxygen atoms in total. The Morgan fingerprint density at radius 1 is 1.36 bits per heavy atom. The lowest BCUT2D eigenvalue weighted by Crippen LogP contribution is -2.09. The molecule has 3 heteroatoms. The molecule has 1 atom stereocenters. The Hall–Kier alpha value is -0.900. The summed E-state index contributed by atoms with van der Waals surface area (Å²) in [7, 11) is 0. The monoisotopic (exact) mass is 207 g/mol. The second-order valence-electron chi connectivity index (χ2n) is 3.31. The van der Waals surface area contributed by atoms with E-state index in [2.05, 4.69) is 18.2 Å². The summed E-state index contributed by atoms with van der Waals surface area (Å²) >= 11 is 1.71. The lowest BCUT2D eigenvalue weighted by Gasteiger charge is -2.05. The maximum absolute atomic E-state index is 8.80. The minimum absolute atomic E-state index is 0.0302. The van der Waals surface area contributed by atoms with Crippen LogP contribution in [0.4, 0.5) is 0 Å². The predicted octanol–water partition coefficient (Wildman–Crippen LogP) is 2.28. The number of hydrogen-bond acceptors (Lipinski definition) is 3. The van der Waals surface area contributed by atoms with E-state index in [4.69, 9.17) is 10.8 Å². The van der Waals surface area contributed by atoms with Gasteiger partial charge in [0.25, 0.3) is 0 Å². The summed E-state index contributed by atoms with van der Waals surface area (Å²) in [6.07, 6.45) is 0.632. The van der Waals surface area contributed by atoms with Gasteiger partial charge in [0.15, 0.2) is 0 Å². The molecular weight excluding hydrogens is 194 g/mol. The van der Waals surface area contributed by atoms with Crippen molar-refractivity contribution in [2.24, 2.45) is 5.73 Å². The van der Waals surface area contributed by atoms with E-state index in [-0.39, 0.29) is 12.6 Å². The van der Waals surface area contributed by atoms with Crippen molar-refractivity contribution >= 4 is 21.4 Å². The summed E-state index contributed by atoms with van der Waals surface area (Å²) in [5.41, 5.74) is 5.92. The van der Waals surface area contributed by atoms with Gasteiger partial charge in [-0.3, -0.25) is 0 Å². The highest BCUT2D eigenvalue weighted by molar-refractivity contribution is 7.19. The van der Waals surface area contributed by atoms with Crippen LogP contribution in [-0.4, -0.2) is 11.7 Å². The van der Waals surface area contributed by atoms with Crippen LogP contribution in [0.2, 0.25) is 0 Å². The number of aliphatic hydroxyl groups is 1. The molecule has 1 unspecified atom stereocenters. The van der Waals surface area contributed by atoms with Gasteiger partial charge in [0.05, 0.1) is 0 Å². The van der Waals surface area contributed by atoms with Gasteiger partial charge in [-0.15, -0.1) is 11.3 Å². The third-order valence-corrected chi connectivity index (χ3v) is 3.50. The molecule has 0 aliphatic carbocycles. The molecule has 0 saturated heterocycles. The van der Waals surface area contributed by atoms with Gasteiger partial charge in [-0.2, -0.15) is 0 Å². The Balaban J connectivity index is 2.35.